The minimum absolute atomic E-state index is 0.0598. The summed E-state index contributed by atoms with van der Waals surface area (Å²) in [6, 6.07) is 0. The average molecular weight is 469 g/mol. The highest BCUT2D eigenvalue weighted by atomic mass is 16.6. The fourth-order valence-electron chi connectivity index (χ4n) is 6.04. The third-order valence-corrected chi connectivity index (χ3v) is 8.00. The van der Waals surface area contributed by atoms with E-state index in [0.717, 1.165) is 44.1 Å². The number of fused-ring (bicyclic) bond motifs is 1. The molecular formula is C25H40O8. The summed E-state index contributed by atoms with van der Waals surface area (Å²) in [7, 11) is 0. The Morgan fingerprint density at radius 3 is 2.48 bits per heavy atom. The SMILES string of the molecule is C=C1CCC2[C@](C)(CO)CCC[C@]2(C)[C@H]1CO[C@@H](C(=O)OCCCC)[C@H](CC(=O)O)C(=O)O. The number of hydrogen-bond acceptors (Lipinski definition) is 6. The summed E-state index contributed by atoms with van der Waals surface area (Å²) in [6.45, 7) is 10.7. The predicted octanol–water partition coefficient (Wildman–Crippen LogP) is 3.66. The minimum atomic E-state index is -1.55. The molecule has 2 aliphatic rings. The maximum absolute atomic E-state index is 12.8. The number of aliphatic hydroxyl groups excluding tert-OH is 1. The summed E-state index contributed by atoms with van der Waals surface area (Å²) in [5.41, 5.74) is 0.559. The van der Waals surface area contributed by atoms with Crippen LogP contribution in [0, 0.1) is 28.6 Å². The molecule has 0 spiro atoms. The van der Waals surface area contributed by atoms with Crippen LogP contribution in [-0.4, -0.2) is 59.2 Å². The molecule has 0 aromatic heterocycles. The topological polar surface area (TPSA) is 130 Å². The van der Waals surface area contributed by atoms with Crippen LogP contribution in [0.5, 0.6) is 0 Å². The van der Waals surface area contributed by atoms with E-state index in [0.29, 0.717) is 6.42 Å². The second-order valence-electron chi connectivity index (χ2n) is 10.3. The van der Waals surface area contributed by atoms with Crippen molar-refractivity contribution in [3.63, 3.8) is 0 Å². The first-order valence-corrected chi connectivity index (χ1v) is 12.0. The van der Waals surface area contributed by atoms with Crippen molar-refractivity contribution in [2.45, 2.75) is 78.2 Å². The van der Waals surface area contributed by atoms with Crippen LogP contribution in [0.15, 0.2) is 12.2 Å². The lowest BCUT2D eigenvalue weighted by atomic mass is 9.47. The minimum Gasteiger partial charge on any atom is -0.481 e. The average Bonchev–Trinajstić information content (AvgIpc) is 2.74. The standard InChI is InChI=1S/C25H40O8/c1-5-6-12-32-23(31)21(17(22(29)30)13-20(27)28)33-14-18-16(2)8-9-19-24(3,15-26)10-7-11-25(18,19)4/h17-19,21,26H,2,5-15H2,1,3-4H3,(H,27,28)(H,29,30)/t17-,18-,19?,21+,24-,25+/m0/s1. The van der Waals surface area contributed by atoms with Crippen LogP contribution < -0.4 is 0 Å². The number of unbranched alkanes of at least 4 members (excludes halogenated alkanes) is 1. The molecule has 8 heteroatoms. The molecule has 188 valence electrons. The molecule has 6 atom stereocenters. The van der Waals surface area contributed by atoms with Gasteiger partial charge in [0.05, 0.1) is 19.6 Å². The molecule has 0 aromatic rings. The van der Waals surface area contributed by atoms with E-state index < -0.39 is 36.4 Å². The Labute approximate surface area is 196 Å². The molecule has 0 heterocycles. The van der Waals surface area contributed by atoms with Gasteiger partial charge in [0.25, 0.3) is 0 Å². The Hall–Kier alpha value is -1.93. The van der Waals surface area contributed by atoms with Crippen LogP contribution in [0.1, 0.15) is 72.1 Å². The highest BCUT2D eigenvalue weighted by molar-refractivity contribution is 5.86. The zero-order valence-electron chi connectivity index (χ0n) is 20.2. The largest absolute Gasteiger partial charge is 0.481 e. The fraction of sp³-hybridized carbons (Fsp3) is 0.800. The van der Waals surface area contributed by atoms with Gasteiger partial charge in [-0.15, -0.1) is 0 Å². The third-order valence-electron chi connectivity index (χ3n) is 8.00. The summed E-state index contributed by atoms with van der Waals surface area (Å²) in [5, 5.41) is 29.0. The van der Waals surface area contributed by atoms with Crippen LogP contribution in [-0.2, 0) is 23.9 Å². The first-order valence-electron chi connectivity index (χ1n) is 12.0. The summed E-state index contributed by atoms with van der Waals surface area (Å²) in [5.74, 6) is -5.01. The second kappa shape index (κ2) is 11.5. The number of carbonyl (C=O) groups is 3. The first kappa shape index (κ1) is 27.3. The van der Waals surface area contributed by atoms with E-state index >= 15 is 0 Å². The molecular weight excluding hydrogens is 428 g/mol. The third kappa shape index (κ3) is 6.15. The molecule has 2 saturated carbocycles. The number of carboxylic acids is 2. The number of aliphatic carboxylic acids is 2. The fourth-order valence-corrected chi connectivity index (χ4v) is 6.04. The van der Waals surface area contributed by atoms with Gasteiger partial charge in [0.15, 0.2) is 6.10 Å². The summed E-state index contributed by atoms with van der Waals surface area (Å²) in [6.07, 6.45) is 3.66. The van der Waals surface area contributed by atoms with Crippen molar-refractivity contribution in [1.29, 1.82) is 0 Å². The van der Waals surface area contributed by atoms with Gasteiger partial charge in [-0.1, -0.05) is 45.8 Å². The smallest absolute Gasteiger partial charge is 0.336 e. The second-order valence-corrected chi connectivity index (χ2v) is 10.3. The van der Waals surface area contributed by atoms with Gasteiger partial charge in [-0.25, -0.2) is 4.79 Å². The van der Waals surface area contributed by atoms with Gasteiger partial charge in [0.2, 0.25) is 0 Å². The van der Waals surface area contributed by atoms with Gasteiger partial charge >= 0.3 is 17.9 Å². The van der Waals surface area contributed by atoms with E-state index in [-0.39, 0.29) is 42.5 Å². The van der Waals surface area contributed by atoms with Gasteiger partial charge in [0, 0.05) is 12.5 Å². The summed E-state index contributed by atoms with van der Waals surface area (Å²) < 4.78 is 11.2. The van der Waals surface area contributed by atoms with Crippen molar-refractivity contribution >= 4 is 17.9 Å². The monoisotopic (exact) mass is 468 g/mol. The number of carboxylic acid groups (broad SMARTS) is 2. The molecule has 2 fully saturated rings. The van der Waals surface area contributed by atoms with Crippen LogP contribution in [0.25, 0.3) is 0 Å². The van der Waals surface area contributed by atoms with Crippen molar-refractivity contribution in [3.05, 3.63) is 12.2 Å². The molecule has 2 aliphatic carbocycles. The number of ether oxygens (including phenoxy) is 2. The molecule has 33 heavy (non-hydrogen) atoms. The zero-order chi connectivity index (χ0) is 24.8. The molecule has 0 saturated heterocycles. The van der Waals surface area contributed by atoms with E-state index in [1.807, 2.05) is 6.92 Å². The molecule has 0 radical (unpaired) electrons. The Morgan fingerprint density at radius 1 is 1.21 bits per heavy atom. The number of carbonyl (C=O) groups excluding carboxylic acids is 1. The predicted molar refractivity (Wildman–Crippen MR) is 121 cm³/mol. The van der Waals surface area contributed by atoms with Crippen molar-refractivity contribution in [2.75, 3.05) is 19.8 Å². The van der Waals surface area contributed by atoms with Crippen molar-refractivity contribution < 1.29 is 39.2 Å². The van der Waals surface area contributed by atoms with Gasteiger partial charge < -0.3 is 24.8 Å². The normalized spacial score (nSPS) is 31.3. The number of aliphatic hydroxyl groups is 1. The van der Waals surface area contributed by atoms with Crippen LogP contribution in [0.4, 0.5) is 0 Å². The molecule has 3 N–H and O–H groups in total. The van der Waals surface area contributed by atoms with E-state index in [9.17, 15) is 29.7 Å². The molecule has 2 rings (SSSR count). The zero-order valence-corrected chi connectivity index (χ0v) is 20.2. The molecule has 0 amide bonds. The lowest BCUT2D eigenvalue weighted by Crippen LogP contribution is -2.53. The van der Waals surface area contributed by atoms with E-state index in [4.69, 9.17) is 9.47 Å². The van der Waals surface area contributed by atoms with Gasteiger partial charge in [-0.2, -0.15) is 0 Å². The summed E-state index contributed by atoms with van der Waals surface area (Å²) >= 11 is 0. The number of rotatable bonds is 12. The van der Waals surface area contributed by atoms with E-state index in [2.05, 4.69) is 20.4 Å². The molecule has 0 aliphatic heterocycles. The lowest BCUT2D eigenvalue weighted by molar-refractivity contribution is -0.175. The Kier molecular flexibility index (Phi) is 9.49. The van der Waals surface area contributed by atoms with E-state index in [1.165, 1.54) is 0 Å². The Bertz CT molecular complexity index is 734. The van der Waals surface area contributed by atoms with Gasteiger partial charge in [0.1, 0.15) is 5.92 Å². The Balaban J connectivity index is 2.27. The summed E-state index contributed by atoms with van der Waals surface area (Å²) in [4.78, 5) is 35.9. The van der Waals surface area contributed by atoms with E-state index in [1.54, 1.807) is 0 Å². The maximum atomic E-state index is 12.8. The molecule has 1 unspecified atom stereocenters. The van der Waals surface area contributed by atoms with Gasteiger partial charge in [-0.3, -0.25) is 9.59 Å². The van der Waals surface area contributed by atoms with Crippen LogP contribution >= 0.6 is 0 Å². The Morgan fingerprint density at radius 2 is 1.91 bits per heavy atom. The quantitative estimate of drug-likeness (QED) is 0.225. The van der Waals surface area contributed by atoms with Crippen molar-refractivity contribution in [1.82, 2.24) is 0 Å². The molecule has 0 aromatic carbocycles. The highest BCUT2D eigenvalue weighted by Gasteiger charge is 2.54. The maximum Gasteiger partial charge on any atom is 0.336 e. The van der Waals surface area contributed by atoms with Crippen LogP contribution in [0.3, 0.4) is 0 Å². The van der Waals surface area contributed by atoms with Gasteiger partial charge in [-0.05, 0) is 48.9 Å². The van der Waals surface area contributed by atoms with Crippen molar-refractivity contribution in [3.8, 4) is 0 Å². The highest BCUT2D eigenvalue weighted by Crippen LogP contribution is 2.60. The van der Waals surface area contributed by atoms with Crippen molar-refractivity contribution in [2.24, 2.45) is 28.6 Å². The molecule has 0 bridgehead atoms. The first-order chi connectivity index (χ1) is 15.5. The molecule has 8 nitrogen and oxygen atoms in total. The lowest BCUT2D eigenvalue weighted by Gasteiger charge is -2.58. The number of esters is 1. The number of hydrogen-bond donors (Lipinski definition) is 3. The van der Waals surface area contributed by atoms with Crippen LogP contribution in [0.2, 0.25) is 0 Å².